The van der Waals surface area contributed by atoms with Gasteiger partial charge < -0.3 is 9.84 Å². The summed E-state index contributed by atoms with van der Waals surface area (Å²) in [5.74, 6) is 0.0841. The highest BCUT2D eigenvalue weighted by atomic mass is 16.5. The van der Waals surface area contributed by atoms with E-state index in [-0.39, 0.29) is 12.0 Å². The molecular formula is C16H21NO3. The van der Waals surface area contributed by atoms with Gasteiger partial charge >= 0.3 is 5.97 Å². The Morgan fingerprint density at radius 2 is 2.30 bits per heavy atom. The van der Waals surface area contributed by atoms with Crippen LogP contribution in [0.15, 0.2) is 24.3 Å². The molecule has 0 aliphatic carbocycles. The van der Waals surface area contributed by atoms with Crippen molar-refractivity contribution in [3.05, 3.63) is 29.8 Å². The Kier molecular flexibility index (Phi) is 3.66. The number of aryl methyl sites for hydroxylation is 1. The van der Waals surface area contributed by atoms with E-state index in [0.29, 0.717) is 12.6 Å². The monoisotopic (exact) mass is 275 g/mol. The molecule has 2 saturated heterocycles. The number of hydrogen-bond acceptors (Lipinski definition) is 3. The Labute approximate surface area is 119 Å². The summed E-state index contributed by atoms with van der Waals surface area (Å²) in [6.45, 7) is 3.50. The molecule has 0 amide bonds. The molecule has 1 N–H and O–H groups in total. The first-order valence-electron chi connectivity index (χ1n) is 7.33. The summed E-state index contributed by atoms with van der Waals surface area (Å²) in [5.41, 5.74) is 1.19. The maximum atomic E-state index is 11.2. The highest BCUT2D eigenvalue weighted by Crippen LogP contribution is 2.41. The van der Waals surface area contributed by atoms with Gasteiger partial charge in [-0.2, -0.15) is 0 Å². The molecule has 2 aliphatic rings. The second kappa shape index (κ2) is 5.44. The van der Waals surface area contributed by atoms with E-state index < -0.39 is 5.97 Å². The summed E-state index contributed by atoms with van der Waals surface area (Å²) >= 11 is 0. The average molecular weight is 275 g/mol. The zero-order valence-electron chi connectivity index (χ0n) is 11.8. The number of aliphatic carboxylic acids is 1. The maximum Gasteiger partial charge on any atom is 0.308 e. The minimum absolute atomic E-state index is 0.173. The molecule has 0 aromatic heterocycles. The van der Waals surface area contributed by atoms with Crippen LogP contribution < -0.4 is 4.74 Å². The van der Waals surface area contributed by atoms with Crippen molar-refractivity contribution in [1.82, 2.24) is 4.90 Å². The van der Waals surface area contributed by atoms with Crippen molar-refractivity contribution in [2.45, 2.75) is 38.3 Å². The fourth-order valence-electron chi connectivity index (χ4n) is 3.69. The Bertz CT molecular complexity index is 502. The van der Waals surface area contributed by atoms with Crippen molar-refractivity contribution >= 4 is 5.97 Å². The van der Waals surface area contributed by atoms with Gasteiger partial charge in [-0.25, -0.2) is 0 Å². The van der Waals surface area contributed by atoms with Crippen molar-refractivity contribution < 1.29 is 14.6 Å². The first-order chi connectivity index (χ1) is 9.65. The Balaban J connectivity index is 1.53. The number of ether oxygens (including phenoxy) is 1. The van der Waals surface area contributed by atoms with Crippen LogP contribution in [-0.4, -0.2) is 41.2 Å². The van der Waals surface area contributed by atoms with E-state index in [0.717, 1.165) is 31.6 Å². The first kappa shape index (κ1) is 13.4. The summed E-state index contributed by atoms with van der Waals surface area (Å²) in [7, 11) is 0. The average Bonchev–Trinajstić information content (AvgIpc) is 2.96. The zero-order chi connectivity index (χ0) is 14.1. The van der Waals surface area contributed by atoms with E-state index in [1.807, 2.05) is 31.2 Å². The van der Waals surface area contributed by atoms with Gasteiger partial charge in [0.15, 0.2) is 0 Å². The molecule has 4 nitrogen and oxygen atoms in total. The molecule has 1 aromatic carbocycles. The van der Waals surface area contributed by atoms with Crippen LogP contribution in [0.4, 0.5) is 0 Å². The Morgan fingerprint density at radius 1 is 1.45 bits per heavy atom. The van der Waals surface area contributed by atoms with E-state index in [2.05, 4.69) is 4.90 Å². The van der Waals surface area contributed by atoms with Crippen LogP contribution in [0.3, 0.4) is 0 Å². The molecule has 20 heavy (non-hydrogen) atoms. The standard InChI is InChI=1S/C16H21NO3/c1-11-3-2-4-13(9-11)20-8-7-17-12-5-6-15(17)14(10-12)16(18)19/h2-4,9,12,14-15H,5-8,10H2,1H3,(H,18,19). The van der Waals surface area contributed by atoms with Crippen LogP contribution in [0.2, 0.25) is 0 Å². The minimum Gasteiger partial charge on any atom is -0.492 e. The van der Waals surface area contributed by atoms with Crippen LogP contribution in [-0.2, 0) is 4.79 Å². The van der Waals surface area contributed by atoms with Crippen LogP contribution in [0.1, 0.15) is 24.8 Å². The van der Waals surface area contributed by atoms with Crippen molar-refractivity contribution in [2.75, 3.05) is 13.2 Å². The van der Waals surface area contributed by atoms with Gasteiger partial charge in [0.05, 0.1) is 5.92 Å². The molecule has 2 bridgehead atoms. The number of carboxylic acids is 1. The van der Waals surface area contributed by atoms with Gasteiger partial charge in [-0.05, 0) is 43.9 Å². The van der Waals surface area contributed by atoms with Crippen molar-refractivity contribution in [3.63, 3.8) is 0 Å². The van der Waals surface area contributed by atoms with Crippen LogP contribution in [0.5, 0.6) is 5.75 Å². The van der Waals surface area contributed by atoms with E-state index in [9.17, 15) is 9.90 Å². The van der Waals surface area contributed by atoms with Gasteiger partial charge in [-0.1, -0.05) is 12.1 Å². The SMILES string of the molecule is Cc1cccc(OCCN2C3CCC2C(C(=O)O)C3)c1. The number of rotatable bonds is 5. The second-order valence-electron chi connectivity index (χ2n) is 5.88. The predicted octanol–water partition coefficient (Wildman–Crippen LogP) is 2.31. The molecule has 0 radical (unpaired) electrons. The lowest BCUT2D eigenvalue weighted by molar-refractivity contribution is -0.142. The number of nitrogens with zero attached hydrogens (tertiary/aromatic N) is 1. The maximum absolute atomic E-state index is 11.2. The lowest BCUT2D eigenvalue weighted by Crippen LogP contribution is -2.35. The summed E-state index contributed by atoms with van der Waals surface area (Å²) in [5, 5.41) is 9.23. The van der Waals surface area contributed by atoms with Crippen LogP contribution >= 0.6 is 0 Å². The van der Waals surface area contributed by atoms with Crippen molar-refractivity contribution in [1.29, 1.82) is 0 Å². The van der Waals surface area contributed by atoms with E-state index in [4.69, 9.17) is 4.74 Å². The fourth-order valence-corrected chi connectivity index (χ4v) is 3.69. The molecule has 3 unspecified atom stereocenters. The van der Waals surface area contributed by atoms with Gasteiger partial charge in [0.1, 0.15) is 12.4 Å². The third-order valence-electron chi connectivity index (χ3n) is 4.61. The van der Waals surface area contributed by atoms with Gasteiger partial charge in [0.25, 0.3) is 0 Å². The van der Waals surface area contributed by atoms with Gasteiger partial charge in [0, 0.05) is 18.6 Å². The number of fused-ring (bicyclic) bond motifs is 2. The van der Waals surface area contributed by atoms with E-state index >= 15 is 0 Å². The van der Waals surface area contributed by atoms with Gasteiger partial charge in [-0.3, -0.25) is 9.69 Å². The normalized spacial score (nSPS) is 28.8. The minimum atomic E-state index is -0.637. The van der Waals surface area contributed by atoms with Crippen LogP contribution in [0.25, 0.3) is 0 Å². The highest BCUT2D eigenvalue weighted by molar-refractivity contribution is 5.71. The molecule has 3 atom stereocenters. The summed E-state index contributed by atoms with van der Waals surface area (Å²) in [6, 6.07) is 8.70. The molecular weight excluding hydrogens is 254 g/mol. The predicted molar refractivity (Wildman–Crippen MR) is 75.9 cm³/mol. The third-order valence-corrected chi connectivity index (χ3v) is 4.61. The summed E-state index contributed by atoms with van der Waals surface area (Å²) in [4.78, 5) is 13.6. The Hall–Kier alpha value is -1.55. The lowest BCUT2D eigenvalue weighted by atomic mass is 9.89. The molecule has 108 valence electrons. The molecule has 2 fully saturated rings. The molecule has 2 heterocycles. The summed E-state index contributed by atoms with van der Waals surface area (Å²) in [6.07, 6.45) is 2.97. The largest absolute Gasteiger partial charge is 0.492 e. The van der Waals surface area contributed by atoms with Gasteiger partial charge in [-0.15, -0.1) is 0 Å². The van der Waals surface area contributed by atoms with E-state index in [1.54, 1.807) is 0 Å². The number of carbonyl (C=O) groups is 1. The van der Waals surface area contributed by atoms with Gasteiger partial charge in [0.2, 0.25) is 0 Å². The quantitative estimate of drug-likeness (QED) is 0.896. The first-order valence-corrected chi connectivity index (χ1v) is 7.33. The smallest absolute Gasteiger partial charge is 0.308 e. The number of benzene rings is 1. The molecule has 2 aliphatic heterocycles. The van der Waals surface area contributed by atoms with Crippen molar-refractivity contribution in [2.24, 2.45) is 5.92 Å². The number of hydrogen-bond donors (Lipinski definition) is 1. The molecule has 4 heteroatoms. The van der Waals surface area contributed by atoms with Crippen molar-refractivity contribution in [3.8, 4) is 5.75 Å². The zero-order valence-corrected chi connectivity index (χ0v) is 11.8. The molecule has 0 saturated carbocycles. The topological polar surface area (TPSA) is 49.8 Å². The molecule has 1 aromatic rings. The number of carboxylic acid groups (broad SMARTS) is 1. The summed E-state index contributed by atoms with van der Waals surface area (Å²) < 4.78 is 5.78. The van der Waals surface area contributed by atoms with E-state index in [1.165, 1.54) is 5.56 Å². The second-order valence-corrected chi connectivity index (χ2v) is 5.88. The molecule has 0 spiro atoms. The highest BCUT2D eigenvalue weighted by Gasteiger charge is 2.48. The Morgan fingerprint density at radius 3 is 3.00 bits per heavy atom. The molecule has 3 rings (SSSR count). The van der Waals surface area contributed by atoms with Crippen LogP contribution in [0, 0.1) is 12.8 Å². The fraction of sp³-hybridized carbons (Fsp3) is 0.562. The lowest BCUT2D eigenvalue weighted by Gasteiger charge is -2.22. The third kappa shape index (κ3) is 2.52.